The van der Waals surface area contributed by atoms with E-state index in [4.69, 9.17) is 4.74 Å². The molecule has 1 N–H and O–H groups in total. The van der Waals surface area contributed by atoms with Crippen molar-refractivity contribution in [1.82, 2.24) is 5.01 Å². The molecule has 2 aromatic carbocycles. The van der Waals surface area contributed by atoms with E-state index >= 15 is 0 Å². The van der Waals surface area contributed by atoms with Gasteiger partial charge in [0.2, 0.25) is 0 Å². The first-order valence-electron chi connectivity index (χ1n) is 12.1. The van der Waals surface area contributed by atoms with Gasteiger partial charge in [0.1, 0.15) is 0 Å². The summed E-state index contributed by atoms with van der Waals surface area (Å²) in [5.41, 5.74) is 4.83. The van der Waals surface area contributed by atoms with E-state index in [9.17, 15) is 14.7 Å². The molecule has 2 atom stereocenters. The maximum Gasteiger partial charge on any atom is 0.303 e. The number of amides is 1. The van der Waals surface area contributed by atoms with Crippen molar-refractivity contribution in [2.24, 2.45) is 11.0 Å². The van der Waals surface area contributed by atoms with Crippen molar-refractivity contribution in [1.29, 1.82) is 0 Å². The van der Waals surface area contributed by atoms with E-state index in [-0.39, 0.29) is 24.2 Å². The number of carboxylic acid groups (broad SMARTS) is 1. The van der Waals surface area contributed by atoms with Crippen LogP contribution in [-0.4, -0.2) is 61.6 Å². The second kappa shape index (κ2) is 10.8. The summed E-state index contributed by atoms with van der Waals surface area (Å²) in [6.45, 7) is 5.07. The molecule has 1 amide bonds. The van der Waals surface area contributed by atoms with Gasteiger partial charge in [-0.15, -0.1) is 0 Å². The molecule has 7 heteroatoms. The van der Waals surface area contributed by atoms with Crippen LogP contribution in [0.15, 0.2) is 47.6 Å². The molecule has 1 saturated heterocycles. The number of morpholine rings is 1. The van der Waals surface area contributed by atoms with E-state index in [0.29, 0.717) is 18.8 Å². The Morgan fingerprint density at radius 2 is 1.91 bits per heavy atom. The van der Waals surface area contributed by atoms with Crippen LogP contribution in [0.2, 0.25) is 0 Å². The minimum absolute atomic E-state index is 0.0810. The van der Waals surface area contributed by atoms with Crippen LogP contribution in [0.1, 0.15) is 59.2 Å². The predicted molar refractivity (Wildman–Crippen MR) is 133 cm³/mol. The Morgan fingerprint density at radius 3 is 2.59 bits per heavy atom. The third-order valence-electron chi connectivity index (χ3n) is 6.97. The van der Waals surface area contributed by atoms with Gasteiger partial charge in [-0.2, -0.15) is 5.10 Å². The molecule has 4 rings (SSSR count). The first-order valence-corrected chi connectivity index (χ1v) is 12.1. The fourth-order valence-corrected chi connectivity index (χ4v) is 5.02. The summed E-state index contributed by atoms with van der Waals surface area (Å²) in [6.07, 6.45) is 4.67. The standard InChI is InChI=1S/C27H33N3O4/c1-3-24-22(16-26(31)32)9-8-20-10-11-23(17-25(20)24)29(2)27(33)21-6-4-19(5-7-21)18-28-30-12-14-34-15-13-30/h4-7,10-11,17-18,22,24H,3,8-9,12-16H2,1-2H3,(H,31,32). The normalized spacial score (nSPS) is 20.2. The number of carbonyl (C=O) groups is 2. The minimum atomic E-state index is -0.742. The molecule has 0 aromatic heterocycles. The van der Waals surface area contributed by atoms with Gasteiger partial charge >= 0.3 is 5.97 Å². The minimum Gasteiger partial charge on any atom is -0.481 e. The van der Waals surface area contributed by atoms with Crippen molar-refractivity contribution >= 4 is 23.8 Å². The highest BCUT2D eigenvalue weighted by Crippen LogP contribution is 2.41. The molecule has 1 fully saturated rings. The zero-order chi connectivity index (χ0) is 24.1. The van der Waals surface area contributed by atoms with Gasteiger partial charge in [0.15, 0.2) is 0 Å². The topological polar surface area (TPSA) is 82.4 Å². The summed E-state index contributed by atoms with van der Waals surface area (Å²) in [6, 6.07) is 13.6. The van der Waals surface area contributed by atoms with Gasteiger partial charge in [-0.25, -0.2) is 0 Å². The number of rotatable bonds is 7. The van der Waals surface area contributed by atoms with E-state index in [1.807, 2.05) is 41.6 Å². The Morgan fingerprint density at radius 1 is 1.18 bits per heavy atom. The van der Waals surface area contributed by atoms with Crippen LogP contribution in [0.4, 0.5) is 5.69 Å². The maximum atomic E-state index is 13.2. The molecule has 0 radical (unpaired) electrons. The van der Waals surface area contributed by atoms with Crippen LogP contribution in [0.3, 0.4) is 0 Å². The average Bonchev–Trinajstić information content (AvgIpc) is 2.86. The molecule has 2 aliphatic rings. The zero-order valence-corrected chi connectivity index (χ0v) is 19.9. The Bertz CT molecular complexity index is 1040. The van der Waals surface area contributed by atoms with E-state index < -0.39 is 5.97 Å². The number of fused-ring (bicyclic) bond motifs is 1. The molecule has 1 aliphatic carbocycles. The Kier molecular flexibility index (Phi) is 7.63. The second-order valence-electron chi connectivity index (χ2n) is 9.09. The lowest BCUT2D eigenvalue weighted by molar-refractivity contribution is -0.138. The van der Waals surface area contributed by atoms with Crippen molar-refractivity contribution in [2.45, 2.75) is 38.5 Å². The van der Waals surface area contributed by atoms with Crippen molar-refractivity contribution in [3.63, 3.8) is 0 Å². The molecule has 1 heterocycles. The molecule has 180 valence electrons. The van der Waals surface area contributed by atoms with Gasteiger partial charge < -0.3 is 14.7 Å². The number of aryl methyl sites for hydroxylation is 1. The van der Waals surface area contributed by atoms with E-state index in [2.05, 4.69) is 24.2 Å². The molecule has 0 spiro atoms. The lowest BCUT2D eigenvalue weighted by Gasteiger charge is -2.33. The van der Waals surface area contributed by atoms with Crippen LogP contribution >= 0.6 is 0 Å². The fourth-order valence-electron chi connectivity index (χ4n) is 5.02. The summed E-state index contributed by atoms with van der Waals surface area (Å²) in [4.78, 5) is 26.2. The first-order chi connectivity index (χ1) is 16.5. The highest BCUT2D eigenvalue weighted by Gasteiger charge is 2.30. The highest BCUT2D eigenvalue weighted by molar-refractivity contribution is 6.06. The van der Waals surface area contributed by atoms with Crippen molar-refractivity contribution < 1.29 is 19.4 Å². The lowest BCUT2D eigenvalue weighted by atomic mass is 9.72. The molecule has 0 bridgehead atoms. The molecule has 0 saturated carbocycles. The summed E-state index contributed by atoms with van der Waals surface area (Å²) in [5, 5.41) is 15.8. The third-order valence-corrected chi connectivity index (χ3v) is 6.97. The molecule has 2 unspecified atom stereocenters. The molecule has 1 aliphatic heterocycles. The van der Waals surface area contributed by atoms with Crippen LogP contribution in [-0.2, 0) is 16.0 Å². The number of hydrazone groups is 1. The number of ether oxygens (including phenoxy) is 1. The first kappa shape index (κ1) is 24.0. The van der Waals surface area contributed by atoms with Gasteiger partial charge in [0, 0.05) is 24.7 Å². The molecule has 2 aromatic rings. The Balaban J connectivity index is 1.47. The smallest absolute Gasteiger partial charge is 0.303 e. The lowest BCUT2D eigenvalue weighted by Crippen LogP contribution is -2.32. The van der Waals surface area contributed by atoms with Gasteiger partial charge in [-0.05, 0) is 72.1 Å². The van der Waals surface area contributed by atoms with Gasteiger partial charge in [-0.1, -0.05) is 25.1 Å². The molecule has 34 heavy (non-hydrogen) atoms. The van der Waals surface area contributed by atoms with Crippen molar-refractivity contribution in [3.8, 4) is 0 Å². The van der Waals surface area contributed by atoms with Crippen LogP contribution < -0.4 is 4.90 Å². The summed E-state index contributed by atoms with van der Waals surface area (Å²) >= 11 is 0. The van der Waals surface area contributed by atoms with Crippen molar-refractivity contribution in [2.75, 3.05) is 38.3 Å². The van der Waals surface area contributed by atoms with E-state index in [1.165, 1.54) is 11.1 Å². The largest absolute Gasteiger partial charge is 0.481 e. The van der Waals surface area contributed by atoms with Gasteiger partial charge in [-0.3, -0.25) is 14.6 Å². The number of hydrogen-bond acceptors (Lipinski definition) is 5. The molecular formula is C27H33N3O4. The Hall–Kier alpha value is -3.19. The monoisotopic (exact) mass is 463 g/mol. The number of carbonyl (C=O) groups excluding carboxylic acids is 1. The Labute approximate surface area is 201 Å². The van der Waals surface area contributed by atoms with Gasteiger partial charge in [0.25, 0.3) is 5.91 Å². The third kappa shape index (κ3) is 5.47. The van der Waals surface area contributed by atoms with Crippen LogP contribution in [0.5, 0.6) is 0 Å². The van der Waals surface area contributed by atoms with Crippen LogP contribution in [0.25, 0.3) is 0 Å². The number of aliphatic carboxylic acids is 1. The number of hydrogen-bond donors (Lipinski definition) is 1. The zero-order valence-electron chi connectivity index (χ0n) is 19.9. The maximum absolute atomic E-state index is 13.2. The number of nitrogens with zero attached hydrogens (tertiary/aromatic N) is 3. The number of benzene rings is 2. The quantitative estimate of drug-likeness (QED) is 0.624. The second-order valence-corrected chi connectivity index (χ2v) is 9.09. The fraction of sp³-hybridized carbons (Fsp3) is 0.444. The van der Waals surface area contributed by atoms with Crippen LogP contribution in [0, 0.1) is 5.92 Å². The highest BCUT2D eigenvalue weighted by atomic mass is 16.5. The predicted octanol–water partition coefficient (Wildman–Crippen LogP) is 4.16. The summed E-state index contributed by atoms with van der Waals surface area (Å²) in [7, 11) is 1.79. The summed E-state index contributed by atoms with van der Waals surface area (Å²) in [5.74, 6) is -0.484. The van der Waals surface area contributed by atoms with E-state index in [0.717, 1.165) is 43.6 Å². The summed E-state index contributed by atoms with van der Waals surface area (Å²) < 4.78 is 5.33. The molecule has 7 nitrogen and oxygen atoms in total. The SMILES string of the molecule is CCC1c2cc(N(C)C(=O)c3ccc(C=NN4CCOCC4)cc3)ccc2CCC1CC(=O)O. The van der Waals surface area contributed by atoms with Gasteiger partial charge in [0.05, 0.1) is 32.5 Å². The van der Waals surface area contributed by atoms with E-state index in [1.54, 1.807) is 11.9 Å². The average molecular weight is 464 g/mol. The number of carboxylic acids is 1. The molecular weight excluding hydrogens is 430 g/mol. The number of anilines is 1. The van der Waals surface area contributed by atoms with Crippen molar-refractivity contribution in [3.05, 3.63) is 64.7 Å².